The largest absolute Gasteiger partial charge is 0.385 e. The second-order valence-corrected chi connectivity index (χ2v) is 2.69. The third-order valence-electron chi connectivity index (χ3n) is 1.96. The first-order valence-electron chi connectivity index (χ1n) is 3.78. The molecule has 0 aliphatic carbocycles. The molecule has 0 saturated heterocycles. The van der Waals surface area contributed by atoms with E-state index in [2.05, 4.69) is 29.6 Å². The summed E-state index contributed by atoms with van der Waals surface area (Å²) in [5, 5.41) is 3.36. The number of para-hydroxylation sites is 1. The van der Waals surface area contributed by atoms with Gasteiger partial charge < -0.3 is 5.32 Å². The van der Waals surface area contributed by atoms with Crippen molar-refractivity contribution < 1.29 is 0 Å². The molecule has 0 fully saturated rings. The fourth-order valence-electron chi connectivity index (χ4n) is 1.41. The van der Waals surface area contributed by atoms with Crippen molar-refractivity contribution in [2.24, 2.45) is 0 Å². The minimum atomic E-state index is 0. The molecule has 1 heterocycles. The first-order valence-corrected chi connectivity index (χ1v) is 3.78. The predicted molar refractivity (Wildman–Crippen MR) is 49.0 cm³/mol. The van der Waals surface area contributed by atoms with E-state index in [1.807, 2.05) is 0 Å². The summed E-state index contributed by atoms with van der Waals surface area (Å²) >= 11 is 0. The van der Waals surface area contributed by atoms with Gasteiger partial charge in [-0.2, -0.15) is 0 Å². The van der Waals surface area contributed by atoms with E-state index < -0.39 is 0 Å². The average molecular weight is 156 g/mol. The van der Waals surface area contributed by atoms with Gasteiger partial charge >= 0.3 is 0 Å². The maximum Gasteiger partial charge on any atom is 0.0372 e. The van der Waals surface area contributed by atoms with Crippen molar-refractivity contribution in [3.8, 4) is 0 Å². The van der Waals surface area contributed by atoms with Crippen LogP contribution >= 0.6 is 0 Å². The summed E-state index contributed by atoms with van der Waals surface area (Å²) < 4.78 is 0. The normalized spacial score (nSPS) is 14.2. The van der Waals surface area contributed by atoms with Gasteiger partial charge in [0.15, 0.2) is 0 Å². The molecule has 0 bridgehead atoms. The van der Waals surface area contributed by atoms with Crippen LogP contribution < -0.4 is 5.32 Å². The molecule has 1 aromatic carbocycles. The number of benzene rings is 1. The zero-order valence-electron chi connectivity index (χ0n) is 6.93. The average Bonchev–Trinajstić information content (AvgIpc) is 2.05. The Labute approximate surface area is 89.5 Å². The summed E-state index contributed by atoms with van der Waals surface area (Å²) in [6.45, 7) is 1.14. The van der Waals surface area contributed by atoms with Gasteiger partial charge in [-0.3, -0.25) is 0 Å². The summed E-state index contributed by atoms with van der Waals surface area (Å²) in [6, 6.07) is 8.53. The molecule has 0 saturated carbocycles. The van der Waals surface area contributed by atoms with Gasteiger partial charge in [0.1, 0.15) is 0 Å². The van der Waals surface area contributed by atoms with Crippen molar-refractivity contribution in [3.05, 3.63) is 29.8 Å². The van der Waals surface area contributed by atoms with Crippen LogP contribution in [0, 0.1) is 0 Å². The summed E-state index contributed by atoms with van der Waals surface area (Å²) in [5.74, 6) is 0. The summed E-state index contributed by atoms with van der Waals surface area (Å²) in [4.78, 5) is 0. The van der Waals surface area contributed by atoms with Crippen LogP contribution in [0.3, 0.4) is 0 Å². The SMILES string of the molecule is [Na].c1ccc2c(c1)CCCN2. The van der Waals surface area contributed by atoms with Crippen LogP contribution in [0.4, 0.5) is 5.69 Å². The summed E-state index contributed by atoms with van der Waals surface area (Å²) in [5.41, 5.74) is 2.79. The first kappa shape index (κ1) is 9.11. The number of rotatable bonds is 0. The van der Waals surface area contributed by atoms with Gasteiger partial charge in [-0.05, 0) is 24.5 Å². The van der Waals surface area contributed by atoms with Crippen LogP contribution in [-0.2, 0) is 6.42 Å². The van der Waals surface area contributed by atoms with E-state index in [1.165, 1.54) is 24.1 Å². The molecule has 2 rings (SSSR count). The van der Waals surface area contributed by atoms with Gasteiger partial charge in [0.05, 0.1) is 0 Å². The molecule has 53 valence electrons. The van der Waals surface area contributed by atoms with Crippen LogP contribution in [0.25, 0.3) is 0 Å². The second-order valence-electron chi connectivity index (χ2n) is 2.69. The second kappa shape index (κ2) is 4.15. The van der Waals surface area contributed by atoms with Crippen LogP contribution in [0.15, 0.2) is 24.3 Å². The molecule has 1 radical (unpaired) electrons. The van der Waals surface area contributed by atoms with Crippen molar-refractivity contribution >= 4 is 35.2 Å². The van der Waals surface area contributed by atoms with Crippen molar-refractivity contribution in [1.82, 2.24) is 0 Å². The quantitative estimate of drug-likeness (QED) is 0.563. The number of nitrogens with one attached hydrogen (secondary N) is 1. The number of hydrogen-bond donors (Lipinski definition) is 1. The molecular formula is C9H11NNa. The Morgan fingerprint density at radius 3 is 2.82 bits per heavy atom. The topological polar surface area (TPSA) is 12.0 Å². The van der Waals surface area contributed by atoms with Crippen molar-refractivity contribution in [1.29, 1.82) is 0 Å². The van der Waals surface area contributed by atoms with Crippen LogP contribution in [-0.4, -0.2) is 36.1 Å². The van der Waals surface area contributed by atoms with Crippen molar-refractivity contribution in [3.63, 3.8) is 0 Å². The Morgan fingerprint density at radius 2 is 2.00 bits per heavy atom. The Balaban J connectivity index is 0.000000605. The fraction of sp³-hybridized carbons (Fsp3) is 0.333. The molecule has 1 N–H and O–H groups in total. The predicted octanol–water partition coefficient (Wildman–Crippen LogP) is 1.66. The molecule has 1 aromatic rings. The molecule has 0 atom stereocenters. The maximum atomic E-state index is 3.36. The third-order valence-corrected chi connectivity index (χ3v) is 1.96. The molecule has 0 spiro atoms. The smallest absolute Gasteiger partial charge is 0.0372 e. The van der Waals surface area contributed by atoms with E-state index in [0.717, 1.165) is 6.54 Å². The number of aryl methyl sites for hydroxylation is 1. The molecule has 0 unspecified atom stereocenters. The van der Waals surface area contributed by atoms with E-state index in [9.17, 15) is 0 Å². The molecule has 1 nitrogen and oxygen atoms in total. The van der Waals surface area contributed by atoms with E-state index in [1.54, 1.807) is 0 Å². The number of fused-ring (bicyclic) bond motifs is 1. The molecule has 0 aromatic heterocycles. The minimum Gasteiger partial charge on any atom is -0.385 e. The van der Waals surface area contributed by atoms with Crippen molar-refractivity contribution in [2.75, 3.05) is 11.9 Å². The molecule has 2 heteroatoms. The first-order chi connectivity index (χ1) is 4.97. The van der Waals surface area contributed by atoms with Crippen LogP contribution in [0.2, 0.25) is 0 Å². The minimum absolute atomic E-state index is 0. The number of anilines is 1. The molecule has 1 aliphatic heterocycles. The molecule has 11 heavy (non-hydrogen) atoms. The molecular weight excluding hydrogens is 145 g/mol. The van der Waals surface area contributed by atoms with Gasteiger partial charge in [0, 0.05) is 41.8 Å². The Bertz CT molecular complexity index is 210. The monoisotopic (exact) mass is 156 g/mol. The zero-order chi connectivity index (χ0) is 6.81. The number of hydrogen-bond acceptors (Lipinski definition) is 1. The summed E-state index contributed by atoms with van der Waals surface area (Å²) in [6.07, 6.45) is 2.51. The van der Waals surface area contributed by atoms with Crippen LogP contribution in [0.5, 0.6) is 0 Å². The van der Waals surface area contributed by atoms with Gasteiger partial charge in [-0.25, -0.2) is 0 Å². The fourth-order valence-corrected chi connectivity index (χ4v) is 1.41. The van der Waals surface area contributed by atoms with E-state index >= 15 is 0 Å². The standard InChI is InChI=1S/C9H11N.Na/c1-2-6-9-8(4-1)5-3-7-10-9;/h1-2,4,6,10H,3,5,7H2;. The van der Waals surface area contributed by atoms with Gasteiger partial charge in [0.25, 0.3) is 0 Å². The summed E-state index contributed by atoms with van der Waals surface area (Å²) in [7, 11) is 0. The van der Waals surface area contributed by atoms with Crippen molar-refractivity contribution in [2.45, 2.75) is 12.8 Å². The van der Waals surface area contributed by atoms with Gasteiger partial charge in [-0.1, -0.05) is 18.2 Å². The Kier molecular flexibility index (Phi) is 3.44. The Hall–Kier alpha value is 0.0200. The maximum absolute atomic E-state index is 3.36. The van der Waals surface area contributed by atoms with E-state index in [-0.39, 0.29) is 29.6 Å². The molecule has 1 aliphatic rings. The van der Waals surface area contributed by atoms with Gasteiger partial charge in [0.2, 0.25) is 0 Å². The van der Waals surface area contributed by atoms with E-state index in [0.29, 0.717) is 0 Å². The van der Waals surface area contributed by atoms with E-state index in [4.69, 9.17) is 0 Å². The molecule has 0 amide bonds. The third kappa shape index (κ3) is 1.98. The van der Waals surface area contributed by atoms with Gasteiger partial charge in [-0.15, -0.1) is 0 Å². The van der Waals surface area contributed by atoms with Crippen LogP contribution in [0.1, 0.15) is 12.0 Å². The Morgan fingerprint density at radius 1 is 1.18 bits per heavy atom. The zero-order valence-corrected chi connectivity index (χ0v) is 8.93.